The van der Waals surface area contributed by atoms with Gasteiger partial charge in [-0.05, 0) is 60.4 Å². The van der Waals surface area contributed by atoms with Crippen LogP contribution in [0.5, 0.6) is 17.2 Å². The Hall–Kier alpha value is -4.41. The van der Waals surface area contributed by atoms with Crippen molar-refractivity contribution in [2.75, 3.05) is 41.2 Å². The molecule has 0 aliphatic rings. The maximum absolute atomic E-state index is 12.4. The average molecular weight is 562 g/mol. The molecule has 3 aromatic carbocycles. The summed E-state index contributed by atoms with van der Waals surface area (Å²) >= 11 is 0. The quantitative estimate of drug-likeness (QED) is 0.168. The van der Waals surface area contributed by atoms with Gasteiger partial charge in [0.15, 0.2) is 5.60 Å². The van der Waals surface area contributed by atoms with Crippen LogP contribution in [0.2, 0.25) is 0 Å². The Kier molecular flexibility index (Phi) is 10.3. The lowest BCUT2D eigenvalue weighted by Gasteiger charge is -2.27. The first-order valence-corrected chi connectivity index (χ1v) is 13.3. The van der Waals surface area contributed by atoms with Crippen LogP contribution in [0.15, 0.2) is 79.0 Å². The largest absolute Gasteiger partial charge is 0.497 e. The molecular formula is C31H35N3O7. The molecule has 0 amide bonds. The van der Waals surface area contributed by atoms with E-state index in [1.165, 1.54) is 0 Å². The number of hydrogen-bond acceptors (Lipinski definition) is 9. The summed E-state index contributed by atoms with van der Waals surface area (Å²) in [5.74, 6) is 1.39. The van der Waals surface area contributed by atoms with Crippen molar-refractivity contribution in [1.29, 1.82) is 0 Å². The molecule has 216 valence electrons. The van der Waals surface area contributed by atoms with E-state index >= 15 is 0 Å². The molecule has 0 aliphatic heterocycles. The average Bonchev–Trinajstić information content (AvgIpc) is 3.50. The zero-order valence-electron chi connectivity index (χ0n) is 23.5. The van der Waals surface area contributed by atoms with Crippen LogP contribution in [0.25, 0.3) is 0 Å². The number of methoxy groups -OCH3 is 3. The van der Waals surface area contributed by atoms with Gasteiger partial charge in [0.05, 0.1) is 33.6 Å². The minimum Gasteiger partial charge on any atom is -0.497 e. The predicted molar refractivity (Wildman–Crippen MR) is 151 cm³/mol. The Morgan fingerprint density at radius 1 is 0.829 bits per heavy atom. The Labute approximate surface area is 239 Å². The fourth-order valence-electron chi connectivity index (χ4n) is 4.31. The van der Waals surface area contributed by atoms with Crippen molar-refractivity contribution >= 4 is 5.97 Å². The Bertz CT molecular complexity index is 1340. The summed E-state index contributed by atoms with van der Waals surface area (Å²) in [6.45, 7) is 1.48. The highest BCUT2D eigenvalue weighted by molar-refractivity contribution is 5.92. The standard InChI is InChI=1S/C31H35N3O7/c1-37-20-21-41-30(35)27-8-4-5-9-28(27)40-19-7-6-18-34-22-29(32-33-34)31(36,23-10-14-25(38-2)15-11-23)24-12-16-26(39-3)17-13-24/h4-5,8-17,22,36H,6-7,18-21H2,1-3H3. The highest BCUT2D eigenvalue weighted by Crippen LogP contribution is 2.37. The molecule has 0 atom stereocenters. The minimum atomic E-state index is -1.54. The smallest absolute Gasteiger partial charge is 0.342 e. The van der Waals surface area contributed by atoms with Crippen molar-refractivity contribution in [1.82, 2.24) is 15.0 Å². The molecule has 0 aliphatic carbocycles. The van der Waals surface area contributed by atoms with E-state index in [-0.39, 0.29) is 6.61 Å². The Morgan fingerprint density at radius 2 is 1.46 bits per heavy atom. The molecule has 41 heavy (non-hydrogen) atoms. The molecule has 4 rings (SSSR count). The predicted octanol–water partition coefficient (Wildman–Crippen LogP) is 4.24. The van der Waals surface area contributed by atoms with E-state index in [0.29, 0.717) is 65.8 Å². The number of aryl methyl sites for hydroxylation is 1. The number of rotatable bonds is 15. The fraction of sp³-hybridized carbons (Fsp3) is 0.323. The van der Waals surface area contributed by atoms with E-state index in [4.69, 9.17) is 23.7 Å². The molecule has 10 heteroatoms. The lowest BCUT2D eigenvalue weighted by molar-refractivity contribution is 0.0384. The Morgan fingerprint density at radius 3 is 2.07 bits per heavy atom. The van der Waals surface area contributed by atoms with Crippen molar-refractivity contribution in [3.8, 4) is 17.2 Å². The maximum Gasteiger partial charge on any atom is 0.342 e. The summed E-state index contributed by atoms with van der Waals surface area (Å²) in [4.78, 5) is 12.4. The summed E-state index contributed by atoms with van der Waals surface area (Å²) in [7, 11) is 4.74. The molecule has 0 spiro atoms. The second-order valence-electron chi connectivity index (χ2n) is 9.21. The second kappa shape index (κ2) is 14.3. The molecule has 0 bridgehead atoms. The number of carbonyl (C=O) groups is 1. The molecule has 1 aromatic heterocycles. The van der Waals surface area contributed by atoms with Gasteiger partial charge in [-0.2, -0.15) is 0 Å². The highest BCUT2D eigenvalue weighted by atomic mass is 16.6. The zero-order valence-corrected chi connectivity index (χ0v) is 23.5. The summed E-state index contributed by atoms with van der Waals surface area (Å²) in [6, 6.07) is 21.4. The number of aromatic nitrogens is 3. The van der Waals surface area contributed by atoms with Gasteiger partial charge in [-0.15, -0.1) is 5.10 Å². The van der Waals surface area contributed by atoms with Crippen molar-refractivity contribution in [3.05, 3.63) is 101 Å². The van der Waals surface area contributed by atoms with Crippen LogP contribution in [-0.2, 0) is 21.6 Å². The first kappa shape index (κ1) is 29.6. The molecule has 4 aromatic rings. The SMILES string of the molecule is COCCOC(=O)c1ccccc1OCCCCn1cc(C(O)(c2ccc(OC)cc2)c2ccc(OC)cc2)nn1. The van der Waals surface area contributed by atoms with Gasteiger partial charge in [-0.1, -0.05) is 41.6 Å². The van der Waals surface area contributed by atoms with Crippen molar-refractivity contribution in [3.63, 3.8) is 0 Å². The van der Waals surface area contributed by atoms with Crippen molar-refractivity contribution in [2.24, 2.45) is 0 Å². The number of benzene rings is 3. The van der Waals surface area contributed by atoms with Crippen LogP contribution in [0.1, 0.15) is 40.0 Å². The lowest BCUT2D eigenvalue weighted by atomic mass is 9.84. The molecule has 10 nitrogen and oxygen atoms in total. The van der Waals surface area contributed by atoms with Crippen LogP contribution in [-0.4, -0.2) is 67.2 Å². The van der Waals surface area contributed by atoms with Gasteiger partial charge >= 0.3 is 5.97 Å². The third kappa shape index (κ3) is 7.22. The number of carbonyl (C=O) groups excluding carboxylic acids is 1. The van der Waals surface area contributed by atoms with Crippen LogP contribution < -0.4 is 14.2 Å². The topological polar surface area (TPSA) is 114 Å². The van der Waals surface area contributed by atoms with Gasteiger partial charge in [0.25, 0.3) is 0 Å². The van der Waals surface area contributed by atoms with Gasteiger partial charge in [-0.3, -0.25) is 4.68 Å². The van der Waals surface area contributed by atoms with Gasteiger partial charge in [0.1, 0.15) is 35.1 Å². The number of esters is 1. The van der Waals surface area contributed by atoms with E-state index in [0.717, 1.165) is 6.42 Å². The number of para-hydroxylation sites is 1. The molecule has 0 unspecified atom stereocenters. The molecule has 0 saturated carbocycles. The molecule has 0 fully saturated rings. The summed E-state index contributed by atoms with van der Waals surface area (Å²) < 4.78 is 28.3. The Balaban J connectivity index is 1.40. The summed E-state index contributed by atoms with van der Waals surface area (Å²) in [6.07, 6.45) is 3.21. The third-order valence-electron chi connectivity index (χ3n) is 6.59. The van der Waals surface area contributed by atoms with Gasteiger partial charge in [0.2, 0.25) is 0 Å². The number of hydrogen-bond donors (Lipinski definition) is 1. The molecule has 1 N–H and O–H groups in total. The first-order valence-electron chi connectivity index (χ1n) is 13.3. The van der Waals surface area contributed by atoms with Crippen molar-refractivity contribution in [2.45, 2.75) is 25.0 Å². The zero-order chi connectivity index (χ0) is 29.1. The maximum atomic E-state index is 12.4. The summed E-state index contributed by atoms with van der Waals surface area (Å²) in [5.41, 5.74) is 0.485. The van der Waals surface area contributed by atoms with E-state index in [2.05, 4.69) is 10.3 Å². The number of ether oxygens (including phenoxy) is 5. The van der Waals surface area contributed by atoms with E-state index in [1.807, 2.05) is 30.3 Å². The second-order valence-corrected chi connectivity index (χ2v) is 9.21. The molecule has 0 saturated heterocycles. The summed E-state index contributed by atoms with van der Waals surface area (Å²) in [5, 5.41) is 20.7. The van der Waals surface area contributed by atoms with Gasteiger partial charge < -0.3 is 28.8 Å². The number of aliphatic hydroxyl groups is 1. The van der Waals surface area contributed by atoms with Gasteiger partial charge in [0, 0.05) is 13.7 Å². The third-order valence-corrected chi connectivity index (χ3v) is 6.59. The molecule has 1 heterocycles. The monoisotopic (exact) mass is 561 g/mol. The molecular weight excluding hydrogens is 526 g/mol. The number of unbranched alkanes of at least 4 members (excludes halogenated alkanes) is 1. The van der Waals surface area contributed by atoms with Gasteiger partial charge in [-0.25, -0.2) is 4.79 Å². The van der Waals surface area contributed by atoms with Crippen molar-refractivity contribution < 1.29 is 33.6 Å². The first-order chi connectivity index (χ1) is 20.0. The fourth-order valence-corrected chi connectivity index (χ4v) is 4.31. The van der Waals surface area contributed by atoms with E-state index in [1.54, 1.807) is 74.7 Å². The van der Waals surface area contributed by atoms with Crippen LogP contribution in [0.3, 0.4) is 0 Å². The number of nitrogens with zero attached hydrogens (tertiary/aromatic N) is 3. The van der Waals surface area contributed by atoms with E-state index in [9.17, 15) is 9.90 Å². The lowest BCUT2D eigenvalue weighted by Crippen LogP contribution is -2.29. The minimum absolute atomic E-state index is 0.176. The van der Waals surface area contributed by atoms with Crippen LogP contribution >= 0.6 is 0 Å². The van der Waals surface area contributed by atoms with E-state index < -0.39 is 11.6 Å². The highest BCUT2D eigenvalue weighted by Gasteiger charge is 2.37. The molecule has 0 radical (unpaired) electrons. The van der Waals surface area contributed by atoms with Crippen LogP contribution in [0.4, 0.5) is 0 Å². The normalized spacial score (nSPS) is 11.2. The van der Waals surface area contributed by atoms with Crippen LogP contribution in [0, 0.1) is 0 Å².